The number of pyridine rings is 1. The van der Waals surface area contributed by atoms with E-state index >= 15 is 0 Å². The number of carbonyl (C=O) groups excluding carboxylic acids is 2. The Labute approximate surface area is 184 Å². The third-order valence-electron chi connectivity index (χ3n) is 4.67. The molecule has 2 rings (SSSR count). The molecule has 0 fully saturated rings. The zero-order valence-electron chi connectivity index (χ0n) is 19.1. The first-order chi connectivity index (χ1) is 14.8. The molecule has 0 saturated heterocycles. The maximum atomic E-state index is 12.9. The molecule has 7 nitrogen and oxygen atoms in total. The summed E-state index contributed by atoms with van der Waals surface area (Å²) in [5, 5.41) is 2.86. The van der Waals surface area contributed by atoms with Crippen molar-refractivity contribution in [1.82, 2.24) is 4.98 Å². The molecule has 0 atom stereocenters. The van der Waals surface area contributed by atoms with E-state index in [1.54, 1.807) is 50.1 Å². The molecule has 1 heterocycles. The lowest BCUT2D eigenvalue weighted by molar-refractivity contribution is -0.158. The first-order valence-corrected chi connectivity index (χ1v) is 10.7. The van der Waals surface area contributed by atoms with Crippen molar-refractivity contribution >= 4 is 23.5 Å². The van der Waals surface area contributed by atoms with Gasteiger partial charge in [-0.2, -0.15) is 0 Å². The third kappa shape index (κ3) is 7.27. The summed E-state index contributed by atoms with van der Waals surface area (Å²) in [5.41, 5.74) is 0.661. The molecule has 1 aromatic carbocycles. The zero-order valence-corrected chi connectivity index (χ0v) is 19.1. The molecule has 0 aliphatic carbocycles. The average Bonchev–Trinajstić information content (AvgIpc) is 2.73. The summed E-state index contributed by atoms with van der Waals surface area (Å²) in [6.45, 7) is 10.0. The van der Waals surface area contributed by atoms with E-state index in [4.69, 9.17) is 9.47 Å². The van der Waals surface area contributed by atoms with Crippen LogP contribution in [0, 0.1) is 6.92 Å². The molecule has 0 saturated carbocycles. The van der Waals surface area contributed by atoms with E-state index in [9.17, 15) is 9.59 Å². The zero-order chi connectivity index (χ0) is 22.9. The van der Waals surface area contributed by atoms with Crippen molar-refractivity contribution in [3.63, 3.8) is 0 Å². The lowest BCUT2D eigenvalue weighted by atomic mass is 10.1. The van der Waals surface area contributed by atoms with Crippen molar-refractivity contribution in [2.45, 2.75) is 59.5 Å². The van der Waals surface area contributed by atoms with Gasteiger partial charge in [0.25, 0.3) is 0 Å². The van der Waals surface area contributed by atoms with Crippen molar-refractivity contribution in [3.8, 4) is 5.75 Å². The maximum absolute atomic E-state index is 12.9. The van der Waals surface area contributed by atoms with Crippen molar-refractivity contribution in [2.75, 3.05) is 23.4 Å². The van der Waals surface area contributed by atoms with Crippen LogP contribution in [0.25, 0.3) is 0 Å². The van der Waals surface area contributed by atoms with E-state index in [0.29, 0.717) is 24.7 Å². The second kappa shape index (κ2) is 11.3. The van der Waals surface area contributed by atoms with Crippen molar-refractivity contribution in [2.24, 2.45) is 0 Å². The number of anilines is 2. The highest BCUT2D eigenvalue weighted by molar-refractivity contribution is 6.01. The number of amides is 2. The minimum atomic E-state index is -1.10. The van der Waals surface area contributed by atoms with Crippen LogP contribution in [0.5, 0.6) is 5.75 Å². The smallest absolute Gasteiger partial charge is 0.349 e. The number of benzene rings is 1. The van der Waals surface area contributed by atoms with Gasteiger partial charge in [-0.15, -0.1) is 0 Å². The minimum absolute atomic E-state index is 0.243. The van der Waals surface area contributed by atoms with Crippen LogP contribution in [-0.4, -0.2) is 35.7 Å². The van der Waals surface area contributed by atoms with Crippen LogP contribution in [0.15, 0.2) is 42.6 Å². The summed E-state index contributed by atoms with van der Waals surface area (Å²) < 4.78 is 10.9. The predicted molar refractivity (Wildman–Crippen MR) is 123 cm³/mol. The van der Waals surface area contributed by atoms with Gasteiger partial charge in [0.15, 0.2) is 5.60 Å². The van der Waals surface area contributed by atoms with Gasteiger partial charge in [-0.25, -0.2) is 14.6 Å². The molecule has 0 spiro atoms. The van der Waals surface area contributed by atoms with Crippen LogP contribution < -0.4 is 15.0 Å². The summed E-state index contributed by atoms with van der Waals surface area (Å²) in [4.78, 5) is 31.0. The van der Waals surface area contributed by atoms with E-state index in [-0.39, 0.29) is 6.03 Å². The number of aromatic nitrogens is 1. The number of nitrogens with zero attached hydrogens (tertiary/aromatic N) is 2. The first-order valence-electron chi connectivity index (χ1n) is 10.7. The fourth-order valence-electron chi connectivity index (χ4n) is 2.92. The van der Waals surface area contributed by atoms with Crippen molar-refractivity contribution < 1.29 is 19.1 Å². The minimum Gasteiger partial charge on any atom is -0.476 e. The van der Waals surface area contributed by atoms with Gasteiger partial charge >= 0.3 is 12.0 Å². The Bertz CT molecular complexity index is 848. The molecule has 0 unspecified atom stereocenters. The quantitative estimate of drug-likeness (QED) is 0.409. The average molecular weight is 428 g/mol. The first kappa shape index (κ1) is 24.2. The lowest BCUT2D eigenvalue weighted by Gasteiger charge is -2.26. The fraction of sp³-hybridized carbons (Fsp3) is 0.458. The van der Waals surface area contributed by atoms with Gasteiger partial charge in [0.1, 0.15) is 11.6 Å². The van der Waals surface area contributed by atoms with Crippen molar-refractivity contribution in [3.05, 3.63) is 48.2 Å². The number of urea groups is 1. The fourth-order valence-corrected chi connectivity index (χ4v) is 2.92. The van der Waals surface area contributed by atoms with Gasteiger partial charge in [-0.3, -0.25) is 10.2 Å². The van der Waals surface area contributed by atoms with Crippen LogP contribution >= 0.6 is 0 Å². The number of carbonyl (C=O) groups is 2. The molecular weight excluding hydrogens is 394 g/mol. The summed E-state index contributed by atoms with van der Waals surface area (Å²) in [6, 6.07) is 10.6. The summed E-state index contributed by atoms with van der Waals surface area (Å²) in [7, 11) is 0. The molecule has 7 heteroatoms. The largest absolute Gasteiger partial charge is 0.476 e. The Kier molecular flexibility index (Phi) is 8.85. The number of rotatable bonds is 10. The summed E-state index contributed by atoms with van der Waals surface area (Å²) in [5.74, 6) is 0.605. The molecule has 168 valence electrons. The molecule has 1 N–H and O–H groups in total. The maximum Gasteiger partial charge on any atom is 0.349 e. The second-order valence-corrected chi connectivity index (χ2v) is 7.84. The van der Waals surface area contributed by atoms with Gasteiger partial charge in [-0.05, 0) is 70.0 Å². The van der Waals surface area contributed by atoms with Crippen LogP contribution in [-0.2, 0) is 9.53 Å². The number of esters is 1. The highest BCUT2D eigenvalue weighted by Gasteiger charge is 2.31. The number of hydrogen-bond acceptors (Lipinski definition) is 5. The molecular formula is C24H33N3O4. The third-order valence-corrected chi connectivity index (χ3v) is 4.67. The Morgan fingerprint density at radius 3 is 2.35 bits per heavy atom. The van der Waals surface area contributed by atoms with E-state index < -0.39 is 11.6 Å². The SMILES string of the molecule is CCCCCN(C(=O)Nc1ccc(C)cn1)c1ccc(OC(C)(C)C(=O)OCC)cc1. The molecule has 0 bridgehead atoms. The van der Waals surface area contributed by atoms with Gasteiger partial charge < -0.3 is 9.47 Å². The number of hydrogen-bond donors (Lipinski definition) is 1. The van der Waals surface area contributed by atoms with Crippen LogP contribution in [0.3, 0.4) is 0 Å². The molecule has 2 amide bonds. The molecule has 31 heavy (non-hydrogen) atoms. The summed E-state index contributed by atoms with van der Waals surface area (Å²) in [6.07, 6.45) is 4.69. The van der Waals surface area contributed by atoms with E-state index in [1.807, 2.05) is 25.1 Å². The molecule has 0 aliphatic heterocycles. The number of nitrogens with one attached hydrogen (secondary N) is 1. The standard InChI is InChI=1S/C24H33N3O4/c1-6-8-9-16-27(23(29)26-21-15-10-18(3)17-25-21)19-11-13-20(14-12-19)31-24(4,5)22(28)30-7-2/h10-15,17H,6-9,16H2,1-5H3,(H,25,26,29). The van der Waals surface area contributed by atoms with Gasteiger partial charge in [0, 0.05) is 18.4 Å². The Hall–Kier alpha value is -3.09. The number of aryl methyl sites for hydroxylation is 1. The van der Waals surface area contributed by atoms with Crippen LogP contribution in [0.1, 0.15) is 52.5 Å². The highest BCUT2D eigenvalue weighted by Crippen LogP contribution is 2.24. The van der Waals surface area contributed by atoms with Crippen LogP contribution in [0.4, 0.5) is 16.3 Å². The van der Waals surface area contributed by atoms with Gasteiger partial charge in [-0.1, -0.05) is 25.8 Å². The predicted octanol–water partition coefficient (Wildman–Crippen LogP) is 5.34. The van der Waals surface area contributed by atoms with Gasteiger partial charge in [0.2, 0.25) is 0 Å². The molecule has 1 aromatic heterocycles. The molecule has 0 radical (unpaired) electrons. The van der Waals surface area contributed by atoms with E-state index in [2.05, 4.69) is 17.2 Å². The van der Waals surface area contributed by atoms with E-state index in [0.717, 1.165) is 30.5 Å². The number of ether oxygens (including phenoxy) is 2. The monoisotopic (exact) mass is 427 g/mol. The Morgan fingerprint density at radius 1 is 1.06 bits per heavy atom. The van der Waals surface area contributed by atoms with E-state index in [1.165, 1.54) is 0 Å². The van der Waals surface area contributed by atoms with Crippen molar-refractivity contribution in [1.29, 1.82) is 0 Å². The molecule has 0 aliphatic rings. The lowest BCUT2D eigenvalue weighted by Crippen LogP contribution is -2.39. The van der Waals surface area contributed by atoms with Gasteiger partial charge in [0.05, 0.1) is 6.61 Å². The van der Waals surface area contributed by atoms with Crippen LogP contribution in [0.2, 0.25) is 0 Å². The topological polar surface area (TPSA) is 80.8 Å². The Morgan fingerprint density at radius 2 is 1.77 bits per heavy atom. The normalized spacial score (nSPS) is 11.0. The second-order valence-electron chi connectivity index (χ2n) is 7.84. The highest BCUT2D eigenvalue weighted by atomic mass is 16.6. The molecule has 2 aromatic rings. The summed E-state index contributed by atoms with van der Waals surface area (Å²) >= 11 is 0. The Balaban J connectivity index is 2.14. The number of unbranched alkanes of at least 4 members (excludes halogenated alkanes) is 2.